The predicted molar refractivity (Wildman–Crippen MR) is 114 cm³/mol. The van der Waals surface area contributed by atoms with Gasteiger partial charge in [0.25, 0.3) is 0 Å². The smallest absolute Gasteiger partial charge is 0.313 e. The molecule has 2 aromatic carbocycles. The fraction of sp³-hybridized carbons (Fsp3) is 0.318. The first-order chi connectivity index (χ1) is 13.9. The lowest BCUT2D eigenvalue weighted by Crippen LogP contribution is -2.38. The van der Waals surface area contributed by atoms with E-state index in [1.807, 2.05) is 43.4 Å². The zero-order chi connectivity index (χ0) is 20.5. The van der Waals surface area contributed by atoms with Crippen LogP contribution in [0.25, 0.3) is 11.0 Å². The summed E-state index contributed by atoms with van der Waals surface area (Å²) in [6.45, 7) is 0.442. The van der Waals surface area contributed by atoms with Crippen LogP contribution in [0, 0.1) is 0 Å². The Morgan fingerprint density at radius 1 is 1.21 bits per heavy atom. The summed E-state index contributed by atoms with van der Waals surface area (Å²) in [4.78, 5) is 30.9. The SMILES string of the molecule is CN(CCc1ccc(Cl)cc1)C(=O)C(=O)Nc1ccc2c(c1)nc(C1CC1)n2C. The number of carbonyl (C=O) groups is 2. The van der Waals surface area contributed by atoms with Crippen molar-refractivity contribution >= 4 is 40.1 Å². The number of imidazole rings is 1. The van der Waals surface area contributed by atoms with E-state index in [9.17, 15) is 9.59 Å². The Bertz CT molecular complexity index is 1070. The molecule has 2 amide bonds. The molecule has 29 heavy (non-hydrogen) atoms. The standard InChI is InChI=1S/C22H23ClN4O2/c1-26(12-11-14-3-7-16(23)8-4-14)22(29)21(28)24-17-9-10-19-18(13-17)25-20(27(19)2)15-5-6-15/h3-4,7-10,13,15H,5-6,11-12H2,1-2H3,(H,24,28). The van der Waals surface area contributed by atoms with Crippen LogP contribution in [0.2, 0.25) is 5.02 Å². The molecule has 1 aliphatic rings. The van der Waals surface area contributed by atoms with Crippen molar-refractivity contribution in [2.45, 2.75) is 25.2 Å². The van der Waals surface area contributed by atoms with Crippen LogP contribution in [0.4, 0.5) is 5.69 Å². The lowest BCUT2D eigenvalue weighted by Gasteiger charge is -2.16. The van der Waals surface area contributed by atoms with Crippen LogP contribution in [0.1, 0.15) is 30.1 Å². The third-order valence-electron chi connectivity index (χ3n) is 5.31. The minimum atomic E-state index is -0.652. The lowest BCUT2D eigenvalue weighted by molar-refractivity contribution is -0.142. The number of rotatable bonds is 5. The average molecular weight is 411 g/mol. The monoisotopic (exact) mass is 410 g/mol. The second kappa shape index (κ2) is 7.87. The highest BCUT2D eigenvalue weighted by atomic mass is 35.5. The second-order valence-corrected chi connectivity index (χ2v) is 8.00. The van der Waals surface area contributed by atoms with Gasteiger partial charge in [0.05, 0.1) is 11.0 Å². The minimum Gasteiger partial charge on any atom is -0.337 e. The summed E-state index contributed by atoms with van der Waals surface area (Å²) in [5, 5.41) is 3.37. The molecule has 1 saturated carbocycles. The van der Waals surface area contributed by atoms with Gasteiger partial charge in [0.15, 0.2) is 0 Å². The van der Waals surface area contributed by atoms with E-state index in [1.54, 1.807) is 13.1 Å². The fourth-order valence-corrected chi connectivity index (χ4v) is 3.54. The van der Waals surface area contributed by atoms with E-state index in [4.69, 9.17) is 16.6 Å². The van der Waals surface area contributed by atoms with Crippen LogP contribution >= 0.6 is 11.6 Å². The summed E-state index contributed by atoms with van der Waals surface area (Å²) in [5.74, 6) is 0.405. The van der Waals surface area contributed by atoms with Crippen LogP contribution in [-0.2, 0) is 23.1 Å². The molecular weight excluding hydrogens is 388 g/mol. The van der Waals surface area contributed by atoms with Crippen LogP contribution in [0.5, 0.6) is 0 Å². The van der Waals surface area contributed by atoms with Crippen molar-refractivity contribution in [2.24, 2.45) is 7.05 Å². The Morgan fingerprint density at radius 3 is 2.62 bits per heavy atom. The average Bonchev–Trinajstić information content (AvgIpc) is 3.50. The molecule has 1 heterocycles. The van der Waals surface area contributed by atoms with Crippen molar-refractivity contribution in [1.82, 2.24) is 14.5 Å². The number of likely N-dealkylation sites (N-methyl/N-ethyl adjacent to an activating group) is 1. The van der Waals surface area contributed by atoms with Gasteiger partial charge >= 0.3 is 11.8 Å². The molecule has 0 spiro atoms. The van der Waals surface area contributed by atoms with Gasteiger partial charge in [0.2, 0.25) is 0 Å². The molecule has 1 fully saturated rings. The van der Waals surface area contributed by atoms with Crippen molar-refractivity contribution in [3.8, 4) is 0 Å². The highest BCUT2D eigenvalue weighted by Crippen LogP contribution is 2.40. The van der Waals surface area contributed by atoms with E-state index in [1.165, 1.54) is 17.7 Å². The summed E-state index contributed by atoms with van der Waals surface area (Å²) in [6, 6.07) is 13.0. The number of nitrogens with one attached hydrogen (secondary N) is 1. The first kappa shape index (κ1) is 19.5. The molecule has 150 valence electrons. The number of anilines is 1. The number of aromatic nitrogens is 2. The Morgan fingerprint density at radius 2 is 1.93 bits per heavy atom. The zero-order valence-corrected chi connectivity index (χ0v) is 17.2. The molecular formula is C22H23ClN4O2. The molecule has 0 atom stereocenters. The van der Waals surface area contributed by atoms with E-state index < -0.39 is 11.8 Å². The predicted octanol–water partition coefficient (Wildman–Crippen LogP) is 3.74. The van der Waals surface area contributed by atoms with Gasteiger partial charge in [-0.05, 0) is 55.2 Å². The molecule has 4 rings (SSSR count). The largest absolute Gasteiger partial charge is 0.337 e. The van der Waals surface area contributed by atoms with Crippen molar-refractivity contribution in [2.75, 3.05) is 18.9 Å². The highest BCUT2D eigenvalue weighted by Gasteiger charge is 2.28. The number of aryl methyl sites for hydroxylation is 1. The Labute approximate surface area is 174 Å². The zero-order valence-electron chi connectivity index (χ0n) is 16.5. The van der Waals surface area contributed by atoms with E-state index in [0.29, 0.717) is 29.6 Å². The minimum absolute atomic E-state index is 0.442. The Balaban J connectivity index is 1.38. The van der Waals surface area contributed by atoms with E-state index in [0.717, 1.165) is 22.4 Å². The number of fused-ring (bicyclic) bond motifs is 1. The van der Waals surface area contributed by atoms with Gasteiger partial charge in [0, 0.05) is 37.3 Å². The maximum Gasteiger partial charge on any atom is 0.313 e. The summed E-state index contributed by atoms with van der Waals surface area (Å²) in [5.41, 5.74) is 3.48. The lowest BCUT2D eigenvalue weighted by atomic mass is 10.1. The number of hydrogen-bond donors (Lipinski definition) is 1. The van der Waals surface area contributed by atoms with Gasteiger partial charge < -0.3 is 14.8 Å². The normalized spacial score (nSPS) is 13.5. The molecule has 1 aliphatic carbocycles. The molecule has 0 bridgehead atoms. The van der Waals surface area contributed by atoms with Crippen LogP contribution < -0.4 is 5.32 Å². The molecule has 1 aromatic heterocycles. The quantitative estimate of drug-likeness (QED) is 0.651. The number of amides is 2. The van der Waals surface area contributed by atoms with Gasteiger partial charge in [-0.3, -0.25) is 9.59 Å². The van der Waals surface area contributed by atoms with Crippen molar-refractivity contribution in [1.29, 1.82) is 0 Å². The van der Waals surface area contributed by atoms with E-state index in [-0.39, 0.29) is 0 Å². The van der Waals surface area contributed by atoms with E-state index in [2.05, 4.69) is 9.88 Å². The number of hydrogen-bond acceptors (Lipinski definition) is 3. The third kappa shape index (κ3) is 4.27. The first-order valence-corrected chi connectivity index (χ1v) is 10.1. The molecule has 7 heteroatoms. The van der Waals surface area contributed by atoms with Gasteiger partial charge in [0.1, 0.15) is 5.82 Å². The molecule has 0 radical (unpaired) electrons. The van der Waals surface area contributed by atoms with Gasteiger partial charge in [-0.15, -0.1) is 0 Å². The molecule has 0 unspecified atom stereocenters. The maximum atomic E-state index is 12.4. The Hall–Kier alpha value is -2.86. The van der Waals surface area contributed by atoms with Gasteiger partial charge in [-0.1, -0.05) is 23.7 Å². The van der Waals surface area contributed by atoms with Crippen molar-refractivity contribution in [3.05, 3.63) is 58.9 Å². The summed E-state index contributed by atoms with van der Waals surface area (Å²) < 4.78 is 2.11. The number of benzene rings is 2. The van der Waals surface area contributed by atoms with Gasteiger partial charge in [-0.25, -0.2) is 4.98 Å². The highest BCUT2D eigenvalue weighted by molar-refractivity contribution is 6.39. The molecule has 1 N–H and O–H groups in total. The Kier molecular flexibility index (Phi) is 5.28. The molecule has 3 aromatic rings. The summed E-state index contributed by atoms with van der Waals surface area (Å²) >= 11 is 5.88. The fourth-order valence-electron chi connectivity index (χ4n) is 3.41. The van der Waals surface area contributed by atoms with Crippen LogP contribution in [0.3, 0.4) is 0 Å². The summed E-state index contributed by atoms with van der Waals surface area (Å²) in [7, 11) is 3.64. The molecule has 0 aliphatic heterocycles. The maximum absolute atomic E-state index is 12.4. The summed E-state index contributed by atoms with van der Waals surface area (Å²) in [6.07, 6.45) is 3.01. The number of carbonyl (C=O) groups excluding carboxylic acids is 2. The van der Waals surface area contributed by atoms with Crippen LogP contribution in [0.15, 0.2) is 42.5 Å². The third-order valence-corrected chi connectivity index (χ3v) is 5.56. The topological polar surface area (TPSA) is 67.2 Å². The molecule has 0 saturated heterocycles. The second-order valence-electron chi connectivity index (χ2n) is 7.56. The van der Waals surface area contributed by atoms with E-state index >= 15 is 0 Å². The van der Waals surface area contributed by atoms with Gasteiger partial charge in [-0.2, -0.15) is 0 Å². The van der Waals surface area contributed by atoms with Crippen molar-refractivity contribution in [3.63, 3.8) is 0 Å². The number of nitrogens with zero attached hydrogens (tertiary/aromatic N) is 3. The molecule has 6 nitrogen and oxygen atoms in total. The first-order valence-electron chi connectivity index (χ1n) is 9.69. The number of halogens is 1. The van der Waals surface area contributed by atoms with Crippen molar-refractivity contribution < 1.29 is 9.59 Å². The van der Waals surface area contributed by atoms with Crippen LogP contribution in [-0.4, -0.2) is 39.9 Å².